The minimum absolute atomic E-state index is 0.0124. The van der Waals surface area contributed by atoms with Crippen molar-refractivity contribution in [2.75, 3.05) is 17.1 Å². The SMILES string of the molecule is CC[C@H](C)NC(=O)[C@@H](Cc1ccccc1)N(Cc1ccc(F)cc1)C(=O)CN(c1ccc(Br)c(C)c1)S(C)(=O)=O. The largest absolute Gasteiger partial charge is 0.352 e. The summed E-state index contributed by atoms with van der Waals surface area (Å²) < 4.78 is 41.3. The van der Waals surface area contributed by atoms with Gasteiger partial charge >= 0.3 is 0 Å². The van der Waals surface area contributed by atoms with E-state index in [2.05, 4.69) is 21.2 Å². The van der Waals surface area contributed by atoms with E-state index in [1.807, 2.05) is 51.1 Å². The van der Waals surface area contributed by atoms with Crippen molar-refractivity contribution in [3.05, 3.63) is 99.8 Å². The molecule has 214 valence electrons. The Morgan fingerprint density at radius 3 is 2.23 bits per heavy atom. The molecule has 1 N–H and O–H groups in total. The van der Waals surface area contributed by atoms with Crippen molar-refractivity contribution in [3.8, 4) is 0 Å². The normalized spacial score (nSPS) is 12.8. The van der Waals surface area contributed by atoms with Crippen LogP contribution in [0.25, 0.3) is 0 Å². The van der Waals surface area contributed by atoms with E-state index in [0.29, 0.717) is 17.7 Å². The number of benzene rings is 3. The van der Waals surface area contributed by atoms with Gasteiger partial charge in [0.05, 0.1) is 11.9 Å². The van der Waals surface area contributed by atoms with E-state index in [9.17, 15) is 22.4 Å². The molecule has 0 aromatic heterocycles. The van der Waals surface area contributed by atoms with Crippen molar-refractivity contribution in [1.82, 2.24) is 10.2 Å². The minimum atomic E-state index is -3.86. The Balaban J connectivity index is 2.06. The number of aryl methyl sites for hydroxylation is 1. The van der Waals surface area contributed by atoms with Crippen molar-refractivity contribution in [3.63, 3.8) is 0 Å². The van der Waals surface area contributed by atoms with Crippen LogP contribution in [0.2, 0.25) is 0 Å². The molecule has 0 spiro atoms. The van der Waals surface area contributed by atoms with Gasteiger partial charge in [0.25, 0.3) is 0 Å². The molecular weight excluding hydrogens is 597 g/mol. The average molecular weight is 633 g/mol. The van der Waals surface area contributed by atoms with Crippen LogP contribution in [0, 0.1) is 12.7 Å². The molecular formula is C30H35BrFN3O4S. The predicted octanol–water partition coefficient (Wildman–Crippen LogP) is 5.22. The van der Waals surface area contributed by atoms with Gasteiger partial charge in [-0.3, -0.25) is 13.9 Å². The Morgan fingerprint density at radius 1 is 1.00 bits per heavy atom. The maximum Gasteiger partial charge on any atom is 0.244 e. The summed E-state index contributed by atoms with van der Waals surface area (Å²) in [6.07, 6.45) is 1.95. The van der Waals surface area contributed by atoms with E-state index in [4.69, 9.17) is 0 Å². The number of hydrogen-bond donors (Lipinski definition) is 1. The Kier molecular flexibility index (Phi) is 10.9. The van der Waals surface area contributed by atoms with Gasteiger partial charge in [0.2, 0.25) is 21.8 Å². The lowest BCUT2D eigenvalue weighted by Crippen LogP contribution is -2.54. The molecule has 0 heterocycles. The molecule has 3 aromatic rings. The topological polar surface area (TPSA) is 86.8 Å². The van der Waals surface area contributed by atoms with Crippen molar-refractivity contribution in [2.24, 2.45) is 0 Å². The third-order valence-electron chi connectivity index (χ3n) is 6.65. The van der Waals surface area contributed by atoms with E-state index < -0.39 is 34.3 Å². The van der Waals surface area contributed by atoms with Gasteiger partial charge in [0, 0.05) is 23.5 Å². The maximum atomic E-state index is 14.0. The van der Waals surface area contributed by atoms with Crippen LogP contribution in [0.15, 0.2) is 77.3 Å². The van der Waals surface area contributed by atoms with Gasteiger partial charge in [-0.15, -0.1) is 0 Å². The zero-order valence-electron chi connectivity index (χ0n) is 23.1. The first-order valence-corrected chi connectivity index (χ1v) is 15.6. The number of rotatable bonds is 12. The first-order valence-electron chi connectivity index (χ1n) is 13.0. The third-order valence-corrected chi connectivity index (χ3v) is 8.68. The molecule has 0 unspecified atom stereocenters. The summed E-state index contributed by atoms with van der Waals surface area (Å²) in [4.78, 5) is 29.1. The number of amides is 2. The Morgan fingerprint density at radius 2 is 1.65 bits per heavy atom. The van der Waals surface area contributed by atoms with Gasteiger partial charge < -0.3 is 10.2 Å². The van der Waals surface area contributed by atoms with E-state index in [-0.39, 0.29) is 24.9 Å². The van der Waals surface area contributed by atoms with Gasteiger partial charge in [-0.05, 0) is 67.3 Å². The fraction of sp³-hybridized carbons (Fsp3) is 0.333. The number of anilines is 1. The second-order valence-electron chi connectivity index (χ2n) is 9.87. The Bertz CT molecular complexity index is 1420. The van der Waals surface area contributed by atoms with E-state index in [1.54, 1.807) is 30.3 Å². The highest BCUT2D eigenvalue weighted by atomic mass is 79.9. The summed E-state index contributed by atoms with van der Waals surface area (Å²) in [5.41, 5.74) is 2.58. The fourth-order valence-corrected chi connectivity index (χ4v) is 5.27. The smallest absolute Gasteiger partial charge is 0.244 e. The number of nitrogens with one attached hydrogen (secondary N) is 1. The molecule has 0 aliphatic rings. The summed E-state index contributed by atoms with van der Waals surface area (Å²) in [7, 11) is -3.86. The molecule has 40 heavy (non-hydrogen) atoms. The lowest BCUT2D eigenvalue weighted by atomic mass is 10.0. The zero-order chi connectivity index (χ0) is 29.4. The molecule has 3 rings (SSSR count). The van der Waals surface area contributed by atoms with Gasteiger partial charge in [-0.1, -0.05) is 65.3 Å². The number of carbonyl (C=O) groups is 2. The molecule has 0 aliphatic carbocycles. The van der Waals surface area contributed by atoms with Gasteiger partial charge in [0.15, 0.2) is 0 Å². The molecule has 7 nitrogen and oxygen atoms in total. The molecule has 10 heteroatoms. The van der Waals surface area contributed by atoms with Crippen LogP contribution in [0.5, 0.6) is 0 Å². The first kappa shape index (κ1) is 31.3. The average Bonchev–Trinajstić information content (AvgIpc) is 2.91. The quantitative estimate of drug-likeness (QED) is 0.297. The van der Waals surface area contributed by atoms with Crippen LogP contribution in [-0.4, -0.2) is 50.0 Å². The number of sulfonamides is 1. The second kappa shape index (κ2) is 13.9. The van der Waals surface area contributed by atoms with Crippen molar-refractivity contribution in [1.29, 1.82) is 0 Å². The van der Waals surface area contributed by atoms with E-state index in [0.717, 1.165) is 26.2 Å². The maximum absolute atomic E-state index is 14.0. The van der Waals surface area contributed by atoms with Gasteiger partial charge in [0.1, 0.15) is 18.4 Å². The van der Waals surface area contributed by atoms with Crippen LogP contribution < -0.4 is 9.62 Å². The van der Waals surface area contributed by atoms with Crippen molar-refractivity contribution < 1.29 is 22.4 Å². The monoisotopic (exact) mass is 631 g/mol. The summed E-state index contributed by atoms with van der Waals surface area (Å²) in [6.45, 7) is 5.13. The van der Waals surface area contributed by atoms with E-state index in [1.165, 1.54) is 17.0 Å². The highest BCUT2D eigenvalue weighted by molar-refractivity contribution is 9.10. The molecule has 3 aromatic carbocycles. The Hall–Kier alpha value is -3.24. The van der Waals surface area contributed by atoms with Crippen LogP contribution in [0.3, 0.4) is 0 Å². The van der Waals surface area contributed by atoms with Crippen molar-refractivity contribution in [2.45, 2.75) is 52.2 Å². The molecule has 0 saturated carbocycles. The highest BCUT2D eigenvalue weighted by Gasteiger charge is 2.33. The molecule has 2 atom stereocenters. The number of halogens is 2. The molecule has 0 bridgehead atoms. The second-order valence-corrected chi connectivity index (χ2v) is 12.6. The standard InChI is InChI=1S/C30H35BrFN3O4S/c1-5-22(3)33-30(37)28(18-23-9-7-6-8-10-23)34(19-24-11-13-25(32)14-12-24)29(36)20-35(40(4,38)39)26-15-16-27(31)21(2)17-26/h6-17,22,28H,5,18-20H2,1-4H3,(H,33,37)/t22-,28+/m0/s1. The number of nitrogens with zero attached hydrogens (tertiary/aromatic N) is 2. The summed E-state index contributed by atoms with van der Waals surface area (Å²) in [6, 6.07) is 18.9. The predicted molar refractivity (Wildman–Crippen MR) is 160 cm³/mol. The lowest BCUT2D eigenvalue weighted by Gasteiger charge is -2.34. The van der Waals surface area contributed by atoms with Gasteiger partial charge in [-0.2, -0.15) is 0 Å². The van der Waals surface area contributed by atoms with Crippen LogP contribution in [0.1, 0.15) is 37.0 Å². The van der Waals surface area contributed by atoms with Crippen molar-refractivity contribution >= 4 is 43.5 Å². The summed E-state index contributed by atoms with van der Waals surface area (Å²) in [5, 5.41) is 2.98. The highest BCUT2D eigenvalue weighted by Crippen LogP contribution is 2.25. The number of hydrogen-bond acceptors (Lipinski definition) is 4. The van der Waals surface area contributed by atoms with Gasteiger partial charge in [-0.25, -0.2) is 12.8 Å². The summed E-state index contributed by atoms with van der Waals surface area (Å²) >= 11 is 3.42. The minimum Gasteiger partial charge on any atom is -0.352 e. The lowest BCUT2D eigenvalue weighted by molar-refractivity contribution is -0.140. The number of carbonyl (C=O) groups excluding carboxylic acids is 2. The molecule has 0 fully saturated rings. The Labute approximate surface area is 244 Å². The van der Waals surface area contributed by atoms with E-state index >= 15 is 0 Å². The first-order chi connectivity index (χ1) is 18.9. The molecule has 0 radical (unpaired) electrons. The summed E-state index contributed by atoms with van der Waals surface area (Å²) in [5.74, 6) is -1.33. The van der Waals surface area contributed by atoms with Crippen LogP contribution in [0.4, 0.5) is 10.1 Å². The fourth-order valence-electron chi connectivity index (χ4n) is 4.18. The van der Waals surface area contributed by atoms with Crippen LogP contribution in [-0.2, 0) is 32.6 Å². The molecule has 0 aliphatic heterocycles. The third kappa shape index (κ3) is 8.63. The molecule has 0 saturated heterocycles. The zero-order valence-corrected chi connectivity index (χ0v) is 25.5. The van der Waals surface area contributed by atoms with Crippen LogP contribution >= 0.6 is 15.9 Å². The molecule has 2 amide bonds.